The van der Waals surface area contributed by atoms with E-state index in [4.69, 9.17) is 4.74 Å². The summed E-state index contributed by atoms with van der Waals surface area (Å²) >= 11 is 1.36. The van der Waals surface area contributed by atoms with Gasteiger partial charge in [0.2, 0.25) is 0 Å². The summed E-state index contributed by atoms with van der Waals surface area (Å²) in [7, 11) is 0. The highest BCUT2D eigenvalue weighted by Crippen LogP contribution is 2.27. The lowest BCUT2D eigenvalue weighted by Crippen LogP contribution is -2.17. The van der Waals surface area contributed by atoms with Gasteiger partial charge < -0.3 is 4.74 Å². The predicted octanol–water partition coefficient (Wildman–Crippen LogP) is 5.77. The van der Waals surface area contributed by atoms with Crippen LogP contribution in [0.2, 0.25) is 0 Å². The third kappa shape index (κ3) is 5.28. The van der Waals surface area contributed by atoms with E-state index in [2.05, 4.69) is 34.6 Å². The van der Waals surface area contributed by atoms with Gasteiger partial charge in [0.25, 0.3) is 5.91 Å². The minimum Gasteiger partial charge on any atom is -0.488 e. The first-order chi connectivity index (χ1) is 15.6. The second-order valence-electron chi connectivity index (χ2n) is 7.31. The summed E-state index contributed by atoms with van der Waals surface area (Å²) in [5.41, 5.74) is 7.36. The van der Waals surface area contributed by atoms with Crippen LogP contribution < -0.4 is 10.2 Å². The summed E-state index contributed by atoms with van der Waals surface area (Å²) in [4.78, 5) is 17.7. The molecule has 0 bridgehead atoms. The van der Waals surface area contributed by atoms with Gasteiger partial charge in [0.1, 0.15) is 22.2 Å². The second-order valence-corrected chi connectivity index (χ2v) is 8.31. The van der Waals surface area contributed by atoms with E-state index in [1.165, 1.54) is 16.9 Å². The molecule has 0 aliphatic rings. The summed E-state index contributed by atoms with van der Waals surface area (Å²) in [5.74, 6) is 0.419. The lowest BCUT2D eigenvalue weighted by Gasteiger charge is -2.09. The number of hydrogen-bond donors (Lipinski definition) is 1. The standard InChI is InChI=1S/C26H23N3O2S/c1-18-12-14-20(15-13-18)17-31-23-11-7-6-10-22(23)16-27-29-25(30)24-19(2)28-26(32-24)21-8-4-3-5-9-21/h3-16H,17H2,1-2H3,(H,29,30)/b27-16+. The van der Waals surface area contributed by atoms with E-state index < -0.39 is 0 Å². The summed E-state index contributed by atoms with van der Waals surface area (Å²) in [5, 5.41) is 4.95. The molecule has 32 heavy (non-hydrogen) atoms. The van der Waals surface area contributed by atoms with Crippen molar-refractivity contribution in [3.8, 4) is 16.3 Å². The molecule has 1 N–H and O–H groups in total. The SMILES string of the molecule is Cc1ccc(COc2ccccc2/C=N/NC(=O)c2sc(-c3ccccc3)nc2C)cc1. The Labute approximate surface area is 191 Å². The van der Waals surface area contributed by atoms with Crippen LogP contribution in [0.5, 0.6) is 5.75 Å². The van der Waals surface area contributed by atoms with Crippen molar-refractivity contribution in [2.45, 2.75) is 20.5 Å². The molecule has 1 amide bonds. The molecule has 0 spiro atoms. The number of carbonyl (C=O) groups excluding carboxylic acids is 1. The molecule has 4 rings (SSSR count). The van der Waals surface area contributed by atoms with Crippen LogP contribution in [0.15, 0.2) is 84.0 Å². The van der Waals surface area contributed by atoms with Gasteiger partial charge in [0.05, 0.1) is 11.9 Å². The van der Waals surface area contributed by atoms with Gasteiger partial charge in [-0.05, 0) is 31.5 Å². The fourth-order valence-electron chi connectivity index (χ4n) is 3.09. The molecule has 5 nitrogen and oxygen atoms in total. The van der Waals surface area contributed by atoms with Crippen molar-refractivity contribution in [2.24, 2.45) is 5.10 Å². The molecular weight excluding hydrogens is 418 g/mol. The molecule has 1 aromatic heterocycles. The molecule has 4 aromatic rings. The molecular formula is C26H23N3O2S. The summed E-state index contributed by atoms with van der Waals surface area (Å²) in [6.07, 6.45) is 1.59. The largest absolute Gasteiger partial charge is 0.488 e. The van der Waals surface area contributed by atoms with E-state index in [0.717, 1.165) is 21.7 Å². The Morgan fingerprint density at radius 2 is 1.72 bits per heavy atom. The average molecular weight is 442 g/mol. The number of amides is 1. The van der Waals surface area contributed by atoms with Crippen LogP contribution in [-0.4, -0.2) is 17.1 Å². The average Bonchev–Trinajstić information content (AvgIpc) is 3.22. The smallest absolute Gasteiger partial charge is 0.283 e. The molecule has 6 heteroatoms. The number of nitrogens with zero attached hydrogens (tertiary/aromatic N) is 2. The van der Waals surface area contributed by atoms with Gasteiger partial charge in [-0.25, -0.2) is 10.4 Å². The molecule has 0 radical (unpaired) electrons. The minimum absolute atomic E-state index is 0.281. The number of hydrazone groups is 1. The zero-order valence-corrected chi connectivity index (χ0v) is 18.7. The first kappa shape index (κ1) is 21.5. The number of aromatic nitrogens is 1. The molecule has 160 valence electrons. The number of ether oxygens (including phenoxy) is 1. The topological polar surface area (TPSA) is 63.6 Å². The van der Waals surface area contributed by atoms with Gasteiger partial charge in [-0.3, -0.25) is 4.79 Å². The highest BCUT2D eigenvalue weighted by atomic mass is 32.1. The molecule has 3 aromatic carbocycles. The highest BCUT2D eigenvalue weighted by Gasteiger charge is 2.15. The Kier molecular flexibility index (Phi) is 6.72. The van der Waals surface area contributed by atoms with Gasteiger partial charge in [-0.2, -0.15) is 5.10 Å². The van der Waals surface area contributed by atoms with Crippen LogP contribution >= 0.6 is 11.3 Å². The Bertz CT molecular complexity index is 1230. The number of aryl methyl sites for hydroxylation is 2. The number of carbonyl (C=O) groups is 1. The zero-order valence-electron chi connectivity index (χ0n) is 17.9. The van der Waals surface area contributed by atoms with Crippen molar-refractivity contribution >= 4 is 23.5 Å². The lowest BCUT2D eigenvalue weighted by atomic mass is 10.1. The van der Waals surface area contributed by atoms with Crippen molar-refractivity contribution in [3.05, 3.63) is 106 Å². The third-order valence-corrected chi connectivity index (χ3v) is 6.03. The molecule has 0 aliphatic heterocycles. The van der Waals surface area contributed by atoms with Gasteiger partial charge in [-0.1, -0.05) is 72.3 Å². The Morgan fingerprint density at radius 3 is 2.50 bits per heavy atom. The highest BCUT2D eigenvalue weighted by molar-refractivity contribution is 7.17. The van der Waals surface area contributed by atoms with Gasteiger partial charge >= 0.3 is 0 Å². The maximum absolute atomic E-state index is 12.6. The number of thiazole rings is 1. The van der Waals surface area contributed by atoms with Crippen LogP contribution in [0.25, 0.3) is 10.6 Å². The van der Waals surface area contributed by atoms with Crippen LogP contribution in [0.4, 0.5) is 0 Å². The molecule has 0 saturated carbocycles. The third-order valence-electron chi connectivity index (χ3n) is 4.83. The van der Waals surface area contributed by atoms with Crippen molar-refractivity contribution in [1.82, 2.24) is 10.4 Å². The molecule has 0 fully saturated rings. The van der Waals surface area contributed by atoms with Crippen LogP contribution in [-0.2, 0) is 6.61 Å². The maximum atomic E-state index is 12.6. The molecule has 0 unspecified atom stereocenters. The van der Waals surface area contributed by atoms with Gasteiger partial charge in [0.15, 0.2) is 0 Å². The predicted molar refractivity (Wildman–Crippen MR) is 129 cm³/mol. The lowest BCUT2D eigenvalue weighted by molar-refractivity contribution is 0.0958. The fourth-order valence-corrected chi connectivity index (χ4v) is 4.05. The number of benzene rings is 3. The van der Waals surface area contributed by atoms with E-state index in [9.17, 15) is 4.79 Å². The van der Waals surface area contributed by atoms with Crippen molar-refractivity contribution in [2.75, 3.05) is 0 Å². The first-order valence-corrected chi connectivity index (χ1v) is 11.1. The number of rotatable bonds is 7. The van der Waals surface area contributed by atoms with Crippen LogP contribution in [0.1, 0.15) is 32.1 Å². The minimum atomic E-state index is -0.281. The van der Waals surface area contributed by atoms with Crippen molar-refractivity contribution < 1.29 is 9.53 Å². The Balaban J connectivity index is 1.41. The fraction of sp³-hybridized carbons (Fsp3) is 0.115. The van der Waals surface area contributed by atoms with Crippen LogP contribution in [0, 0.1) is 13.8 Å². The van der Waals surface area contributed by atoms with Crippen molar-refractivity contribution in [1.29, 1.82) is 0 Å². The quantitative estimate of drug-likeness (QED) is 0.292. The summed E-state index contributed by atoms with van der Waals surface area (Å²) in [6, 6.07) is 25.6. The Morgan fingerprint density at radius 1 is 1.00 bits per heavy atom. The number of hydrogen-bond acceptors (Lipinski definition) is 5. The maximum Gasteiger partial charge on any atom is 0.283 e. The molecule has 0 atom stereocenters. The van der Waals surface area contributed by atoms with E-state index in [0.29, 0.717) is 22.9 Å². The number of nitrogens with one attached hydrogen (secondary N) is 1. The summed E-state index contributed by atoms with van der Waals surface area (Å²) in [6.45, 7) is 4.34. The number of para-hydroxylation sites is 1. The first-order valence-electron chi connectivity index (χ1n) is 10.2. The molecule has 0 aliphatic carbocycles. The van der Waals surface area contributed by atoms with Gasteiger partial charge in [-0.15, -0.1) is 11.3 Å². The second kappa shape index (κ2) is 10.0. The van der Waals surface area contributed by atoms with E-state index >= 15 is 0 Å². The van der Waals surface area contributed by atoms with Gasteiger partial charge in [0, 0.05) is 11.1 Å². The monoisotopic (exact) mass is 441 g/mol. The normalized spacial score (nSPS) is 10.9. The molecule has 0 saturated heterocycles. The Hall–Kier alpha value is -3.77. The van der Waals surface area contributed by atoms with Crippen molar-refractivity contribution in [3.63, 3.8) is 0 Å². The molecule has 1 heterocycles. The van der Waals surface area contributed by atoms with E-state index in [1.807, 2.05) is 73.7 Å². The van der Waals surface area contributed by atoms with Crippen LogP contribution in [0.3, 0.4) is 0 Å². The van der Waals surface area contributed by atoms with E-state index in [-0.39, 0.29) is 5.91 Å². The van der Waals surface area contributed by atoms with E-state index in [1.54, 1.807) is 6.21 Å². The zero-order chi connectivity index (χ0) is 22.3. The summed E-state index contributed by atoms with van der Waals surface area (Å²) < 4.78 is 5.96.